The van der Waals surface area contributed by atoms with Crippen LogP contribution in [0.3, 0.4) is 0 Å². The fourth-order valence-electron chi connectivity index (χ4n) is 2.85. The van der Waals surface area contributed by atoms with E-state index in [0.29, 0.717) is 10.6 Å². The molecule has 0 heterocycles. The maximum atomic E-state index is 10.7. The van der Waals surface area contributed by atoms with Crippen LogP contribution < -0.4 is 9.47 Å². The minimum absolute atomic E-state index is 0.361. The van der Waals surface area contributed by atoms with Crippen LogP contribution in [0.4, 0.5) is 0 Å². The highest BCUT2D eigenvalue weighted by Gasteiger charge is 2.07. The highest BCUT2D eigenvalue weighted by Crippen LogP contribution is 2.23. The van der Waals surface area contributed by atoms with Crippen molar-refractivity contribution in [1.29, 1.82) is 0 Å². The Hall–Kier alpha value is -1.52. The van der Waals surface area contributed by atoms with E-state index >= 15 is 0 Å². The van der Waals surface area contributed by atoms with Crippen LogP contribution in [0.5, 0.6) is 11.5 Å². The van der Waals surface area contributed by atoms with Crippen molar-refractivity contribution in [2.24, 2.45) is 0 Å². The summed E-state index contributed by atoms with van der Waals surface area (Å²) in [6.45, 7) is 0. The second-order valence-corrected chi connectivity index (χ2v) is 10.8. The quantitative estimate of drug-likeness (QED) is 0.150. The van der Waals surface area contributed by atoms with Crippen LogP contribution in [0.2, 0.25) is 10.0 Å². The zero-order valence-corrected chi connectivity index (χ0v) is 26.1. The third-order valence-electron chi connectivity index (χ3n) is 4.68. The molecule has 0 aliphatic carbocycles. The standard InChI is InChI=1S/C14H12ClIO.C7H3Cl2IO.C7H8O/c1-17-13-5-2-10(3-6-13)8-11-9-12(16)4-7-14(11)15;8-6-2-1-4(10)3-5(6)7(9)11;1-8-7-5-3-2-4-6-7/h2-7,9H,8H2,1H3;1-3H;2-6H,1H3. The smallest absolute Gasteiger partial charge is 0.253 e. The van der Waals surface area contributed by atoms with E-state index < -0.39 is 5.24 Å². The lowest BCUT2D eigenvalue weighted by Crippen LogP contribution is -1.91. The lowest BCUT2D eigenvalue weighted by atomic mass is 10.1. The Morgan fingerprint density at radius 1 is 0.722 bits per heavy atom. The van der Waals surface area contributed by atoms with Gasteiger partial charge in [0.1, 0.15) is 11.5 Å². The van der Waals surface area contributed by atoms with E-state index in [9.17, 15) is 4.79 Å². The summed E-state index contributed by atoms with van der Waals surface area (Å²) < 4.78 is 12.2. The molecule has 0 bridgehead atoms. The zero-order chi connectivity index (χ0) is 26.5. The van der Waals surface area contributed by atoms with Gasteiger partial charge in [-0.25, -0.2) is 0 Å². The minimum atomic E-state index is -0.520. The summed E-state index contributed by atoms with van der Waals surface area (Å²) in [5.41, 5.74) is 2.75. The molecule has 0 amide bonds. The van der Waals surface area contributed by atoms with Crippen molar-refractivity contribution >= 4 is 85.2 Å². The summed E-state index contributed by atoms with van der Waals surface area (Å²) in [5, 5.41) is 0.695. The number of methoxy groups -OCH3 is 2. The third kappa shape index (κ3) is 10.8. The number of ether oxygens (including phenoxy) is 2. The van der Waals surface area contributed by atoms with Crippen LogP contribution in [-0.4, -0.2) is 19.5 Å². The van der Waals surface area contributed by atoms with Gasteiger partial charge in [-0.1, -0.05) is 53.5 Å². The summed E-state index contributed by atoms with van der Waals surface area (Å²) >= 11 is 21.5. The zero-order valence-electron chi connectivity index (χ0n) is 19.5. The van der Waals surface area contributed by atoms with E-state index in [1.54, 1.807) is 26.4 Å². The largest absolute Gasteiger partial charge is 0.497 e. The Kier molecular flexibility index (Phi) is 13.9. The first-order valence-electron chi connectivity index (χ1n) is 10.5. The molecule has 0 aromatic heterocycles. The number of halogens is 5. The lowest BCUT2D eigenvalue weighted by Gasteiger charge is -2.06. The van der Waals surface area contributed by atoms with Gasteiger partial charge in [0.25, 0.3) is 5.24 Å². The summed E-state index contributed by atoms with van der Waals surface area (Å²) in [4.78, 5) is 10.7. The molecule has 8 heteroatoms. The molecule has 0 aliphatic heterocycles. The summed E-state index contributed by atoms with van der Waals surface area (Å²) in [6.07, 6.45) is 0.847. The van der Waals surface area contributed by atoms with Crippen LogP contribution in [0.15, 0.2) is 91.0 Å². The maximum absolute atomic E-state index is 10.7. The van der Waals surface area contributed by atoms with E-state index in [1.807, 2.05) is 60.7 Å². The number of rotatable bonds is 5. The van der Waals surface area contributed by atoms with Gasteiger partial charge < -0.3 is 9.47 Å². The van der Waals surface area contributed by atoms with Crippen LogP contribution >= 0.6 is 80.0 Å². The van der Waals surface area contributed by atoms with Crippen molar-refractivity contribution in [2.45, 2.75) is 6.42 Å². The predicted molar refractivity (Wildman–Crippen MR) is 167 cm³/mol. The average Bonchev–Trinajstić information content (AvgIpc) is 2.89. The average molecular weight is 768 g/mol. The fraction of sp³-hybridized carbons (Fsp3) is 0.107. The van der Waals surface area contributed by atoms with Gasteiger partial charge >= 0.3 is 0 Å². The van der Waals surface area contributed by atoms with Crippen LogP contribution in [0, 0.1) is 7.14 Å². The molecule has 0 aliphatic rings. The van der Waals surface area contributed by atoms with E-state index in [2.05, 4.69) is 63.4 Å². The van der Waals surface area contributed by atoms with E-state index in [4.69, 9.17) is 44.3 Å². The number of carbonyl (C=O) groups is 1. The molecule has 4 rings (SSSR count). The normalized spacial score (nSPS) is 9.75. The van der Waals surface area contributed by atoms with E-state index in [-0.39, 0.29) is 0 Å². The molecule has 4 aromatic carbocycles. The number of carbonyl (C=O) groups excluding carboxylic acids is 1. The van der Waals surface area contributed by atoms with Gasteiger partial charge in [0.15, 0.2) is 0 Å². The van der Waals surface area contributed by atoms with E-state index in [1.165, 1.54) is 9.13 Å². The van der Waals surface area contributed by atoms with E-state index in [0.717, 1.165) is 32.1 Å². The van der Waals surface area contributed by atoms with Crippen LogP contribution in [-0.2, 0) is 6.42 Å². The molecule has 0 radical (unpaired) electrons. The van der Waals surface area contributed by atoms with Crippen molar-refractivity contribution in [3.05, 3.63) is 125 Å². The van der Waals surface area contributed by atoms with Gasteiger partial charge in [0.05, 0.1) is 24.8 Å². The summed E-state index contributed by atoms with van der Waals surface area (Å²) in [7, 11) is 3.33. The first-order valence-corrected chi connectivity index (χ1v) is 13.8. The lowest BCUT2D eigenvalue weighted by molar-refractivity contribution is 0.108. The van der Waals surface area contributed by atoms with Gasteiger partial charge in [-0.15, -0.1) is 0 Å². The van der Waals surface area contributed by atoms with Crippen molar-refractivity contribution in [3.63, 3.8) is 0 Å². The molecule has 3 nitrogen and oxygen atoms in total. The summed E-state index contributed by atoms with van der Waals surface area (Å²) in [5.74, 6) is 1.79. The Labute approximate surface area is 254 Å². The topological polar surface area (TPSA) is 35.5 Å². The van der Waals surface area contributed by atoms with Crippen molar-refractivity contribution in [2.75, 3.05) is 14.2 Å². The van der Waals surface area contributed by atoms with Crippen molar-refractivity contribution < 1.29 is 14.3 Å². The number of para-hydroxylation sites is 1. The molecular weight excluding hydrogens is 744 g/mol. The highest BCUT2D eigenvalue weighted by molar-refractivity contribution is 14.1. The SMILES string of the molecule is COc1ccc(Cc2cc(I)ccc2Cl)cc1.COc1ccccc1.O=C(Cl)c1cc(I)ccc1Cl. The minimum Gasteiger partial charge on any atom is -0.497 e. The molecule has 188 valence electrons. The molecule has 0 spiro atoms. The van der Waals surface area contributed by atoms with Crippen LogP contribution in [0.25, 0.3) is 0 Å². The maximum Gasteiger partial charge on any atom is 0.253 e. The first-order chi connectivity index (χ1) is 17.2. The van der Waals surface area contributed by atoms with Crippen LogP contribution in [0.1, 0.15) is 21.5 Å². The first kappa shape index (κ1) is 30.7. The molecule has 4 aromatic rings. The molecule has 0 unspecified atom stereocenters. The number of hydrogen-bond donors (Lipinski definition) is 0. The molecule has 0 saturated carbocycles. The molecule has 36 heavy (non-hydrogen) atoms. The molecule has 0 atom stereocenters. The summed E-state index contributed by atoms with van der Waals surface area (Å²) in [6, 6.07) is 28.9. The second-order valence-electron chi connectivity index (χ2n) is 7.18. The monoisotopic (exact) mass is 766 g/mol. The number of hydrogen-bond acceptors (Lipinski definition) is 3. The number of benzene rings is 4. The highest BCUT2D eigenvalue weighted by atomic mass is 127. The second kappa shape index (κ2) is 16.3. The Morgan fingerprint density at radius 2 is 1.25 bits per heavy atom. The predicted octanol–water partition coefficient (Wildman–Crippen LogP) is 9.56. The molecule has 0 fully saturated rings. The van der Waals surface area contributed by atoms with Gasteiger partial charge in [-0.3, -0.25) is 4.79 Å². The van der Waals surface area contributed by atoms with Gasteiger partial charge in [0, 0.05) is 12.2 Å². The molecular formula is C28H23Cl3I2O3. The Balaban J connectivity index is 0.000000206. The van der Waals surface area contributed by atoms with Crippen molar-refractivity contribution in [3.8, 4) is 11.5 Å². The van der Waals surface area contributed by atoms with Gasteiger partial charge in [-0.05, 0) is 135 Å². The molecule has 0 N–H and O–H groups in total. The fourth-order valence-corrected chi connectivity index (χ4v) is 4.49. The molecule has 0 saturated heterocycles. The van der Waals surface area contributed by atoms with Crippen molar-refractivity contribution in [1.82, 2.24) is 0 Å². The Bertz CT molecular complexity index is 1250. The van der Waals surface area contributed by atoms with Gasteiger partial charge in [0.2, 0.25) is 0 Å². The van der Waals surface area contributed by atoms with Gasteiger partial charge in [-0.2, -0.15) is 0 Å². The Morgan fingerprint density at radius 3 is 1.75 bits per heavy atom. The third-order valence-corrected chi connectivity index (χ3v) is 6.92.